The van der Waals surface area contributed by atoms with Crippen molar-refractivity contribution in [3.8, 4) is 0 Å². The molecule has 2 aromatic rings. The van der Waals surface area contributed by atoms with Gasteiger partial charge in [-0.05, 0) is 13.8 Å². The Kier molecular flexibility index (Phi) is 2.83. The lowest BCUT2D eigenvalue weighted by Crippen LogP contribution is -2.24. The minimum absolute atomic E-state index is 0.276. The third-order valence-electron chi connectivity index (χ3n) is 3.12. The number of rotatable bonds is 2. The summed E-state index contributed by atoms with van der Waals surface area (Å²) in [4.78, 5) is 18.7. The predicted octanol–water partition coefficient (Wildman–Crippen LogP) is 1.53. The molecule has 1 aliphatic rings. The number of hydrogen-bond acceptors (Lipinski definition) is 5. The fourth-order valence-electron chi connectivity index (χ4n) is 2.35. The standard InChI is InChI=1S/C12H15N3O2S/c1-3-17-11(16)10-7(2)14-12-15(10)8-4-5-13-6-9(8)18-12/h13H,3-6H2,1-2H3. The number of aryl methyl sites for hydroxylation is 1. The molecule has 96 valence electrons. The summed E-state index contributed by atoms with van der Waals surface area (Å²) in [5.74, 6) is -0.276. The van der Waals surface area contributed by atoms with Gasteiger partial charge in [0.25, 0.3) is 0 Å². The van der Waals surface area contributed by atoms with Crippen LogP contribution in [0.2, 0.25) is 0 Å². The van der Waals surface area contributed by atoms with Crippen molar-refractivity contribution in [2.45, 2.75) is 26.8 Å². The maximum absolute atomic E-state index is 12.0. The highest BCUT2D eigenvalue weighted by atomic mass is 32.1. The SMILES string of the molecule is CCOC(=O)c1c(C)nc2sc3c(n12)CCNC3. The smallest absolute Gasteiger partial charge is 0.357 e. The van der Waals surface area contributed by atoms with Crippen LogP contribution in [0.4, 0.5) is 0 Å². The molecular weight excluding hydrogens is 250 g/mol. The molecule has 0 aromatic carbocycles. The Morgan fingerprint density at radius 3 is 3.22 bits per heavy atom. The van der Waals surface area contributed by atoms with E-state index < -0.39 is 0 Å². The zero-order valence-electron chi connectivity index (χ0n) is 10.4. The second kappa shape index (κ2) is 4.37. The fourth-order valence-corrected chi connectivity index (χ4v) is 3.53. The molecule has 3 heterocycles. The number of aromatic nitrogens is 2. The first-order valence-electron chi connectivity index (χ1n) is 6.09. The summed E-state index contributed by atoms with van der Waals surface area (Å²) in [6, 6.07) is 0. The molecule has 1 aliphatic heterocycles. The average Bonchev–Trinajstić information content (AvgIpc) is 2.83. The third-order valence-corrected chi connectivity index (χ3v) is 4.20. The number of carbonyl (C=O) groups excluding carboxylic acids is 1. The van der Waals surface area contributed by atoms with Gasteiger partial charge in [0.05, 0.1) is 12.3 Å². The lowest BCUT2D eigenvalue weighted by Gasteiger charge is -2.13. The Bertz CT molecular complexity index is 614. The maximum atomic E-state index is 12.0. The largest absolute Gasteiger partial charge is 0.461 e. The molecule has 0 aliphatic carbocycles. The van der Waals surface area contributed by atoms with Crippen molar-refractivity contribution in [2.75, 3.05) is 13.2 Å². The minimum atomic E-state index is -0.276. The molecule has 2 aromatic heterocycles. The van der Waals surface area contributed by atoms with Gasteiger partial charge in [0.15, 0.2) is 10.7 Å². The molecule has 6 heteroatoms. The zero-order valence-corrected chi connectivity index (χ0v) is 11.3. The number of nitrogens with one attached hydrogen (secondary N) is 1. The molecule has 0 amide bonds. The number of nitrogens with zero attached hydrogens (tertiary/aromatic N) is 2. The van der Waals surface area contributed by atoms with Crippen LogP contribution in [0, 0.1) is 6.92 Å². The number of fused-ring (bicyclic) bond motifs is 3. The van der Waals surface area contributed by atoms with E-state index in [0.717, 1.165) is 30.2 Å². The van der Waals surface area contributed by atoms with E-state index in [2.05, 4.69) is 10.3 Å². The van der Waals surface area contributed by atoms with E-state index in [4.69, 9.17) is 4.74 Å². The van der Waals surface area contributed by atoms with Gasteiger partial charge >= 0.3 is 5.97 Å². The van der Waals surface area contributed by atoms with E-state index in [9.17, 15) is 4.79 Å². The van der Waals surface area contributed by atoms with Crippen LogP contribution in [0.3, 0.4) is 0 Å². The van der Waals surface area contributed by atoms with Gasteiger partial charge in [-0.15, -0.1) is 0 Å². The van der Waals surface area contributed by atoms with Gasteiger partial charge in [-0.1, -0.05) is 11.3 Å². The van der Waals surface area contributed by atoms with Crippen molar-refractivity contribution < 1.29 is 9.53 Å². The van der Waals surface area contributed by atoms with Gasteiger partial charge in [-0.2, -0.15) is 0 Å². The Balaban J connectivity index is 2.20. The van der Waals surface area contributed by atoms with E-state index in [1.165, 1.54) is 10.6 Å². The number of carbonyl (C=O) groups is 1. The van der Waals surface area contributed by atoms with Gasteiger partial charge in [-0.3, -0.25) is 4.40 Å². The molecule has 3 rings (SSSR count). The van der Waals surface area contributed by atoms with Gasteiger partial charge in [0.2, 0.25) is 0 Å². The van der Waals surface area contributed by atoms with Crippen LogP contribution in [0.15, 0.2) is 0 Å². The first kappa shape index (κ1) is 11.7. The van der Waals surface area contributed by atoms with Crippen molar-refractivity contribution in [3.63, 3.8) is 0 Å². The highest BCUT2D eigenvalue weighted by molar-refractivity contribution is 7.17. The van der Waals surface area contributed by atoms with Gasteiger partial charge in [-0.25, -0.2) is 9.78 Å². The summed E-state index contributed by atoms with van der Waals surface area (Å²) in [5, 5.41) is 3.33. The molecule has 0 saturated carbocycles. The second-order valence-electron chi connectivity index (χ2n) is 4.28. The van der Waals surface area contributed by atoms with E-state index in [-0.39, 0.29) is 5.97 Å². The number of esters is 1. The first-order chi connectivity index (χ1) is 8.72. The van der Waals surface area contributed by atoms with Crippen LogP contribution < -0.4 is 5.32 Å². The quantitative estimate of drug-likeness (QED) is 0.837. The highest BCUT2D eigenvalue weighted by Gasteiger charge is 2.25. The molecule has 0 fully saturated rings. The Morgan fingerprint density at radius 2 is 2.44 bits per heavy atom. The van der Waals surface area contributed by atoms with E-state index >= 15 is 0 Å². The molecule has 0 spiro atoms. The van der Waals surface area contributed by atoms with Crippen molar-refractivity contribution >= 4 is 22.3 Å². The van der Waals surface area contributed by atoms with Crippen LogP contribution in [-0.2, 0) is 17.7 Å². The van der Waals surface area contributed by atoms with E-state index in [0.29, 0.717) is 12.3 Å². The highest BCUT2D eigenvalue weighted by Crippen LogP contribution is 2.28. The predicted molar refractivity (Wildman–Crippen MR) is 69.2 cm³/mol. The third kappa shape index (κ3) is 1.64. The molecule has 0 saturated heterocycles. The molecule has 18 heavy (non-hydrogen) atoms. The minimum Gasteiger partial charge on any atom is -0.461 e. The van der Waals surface area contributed by atoms with Crippen molar-refractivity contribution in [1.82, 2.24) is 14.7 Å². The summed E-state index contributed by atoms with van der Waals surface area (Å²) in [5.41, 5.74) is 2.55. The number of hydrogen-bond donors (Lipinski definition) is 1. The average molecular weight is 265 g/mol. The monoisotopic (exact) mass is 265 g/mol. The normalized spacial score (nSPS) is 14.8. The second-order valence-corrected chi connectivity index (χ2v) is 5.35. The molecule has 1 N–H and O–H groups in total. The zero-order chi connectivity index (χ0) is 12.7. The summed E-state index contributed by atoms with van der Waals surface area (Å²) >= 11 is 1.65. The van der Waals surface area contributed by atoms with Gasteiger partial charge in [0, 0.05) is 30.1 Å². The van der Waals surface area contributed by atoms with Crippen molar-refractivity contribution in [1.29, 1.82) is 0 Å². The lowest BCUT2D eigenvalue weighted by atomic mass is 10.2. The summed E-state index contributed by atoms with van der Waals surface area (Å²) in [6.07, 6.45) is 0.928. The topological polar surface area (TPSA) is 55.6 Å². The molecule has 0 radical (unpaired) electrons. The van der Waals surface area contributed by atoms with E-state index in [1.807, 2.05) is 18.2 Å². The molecule has 0 bridgehead atoms. The summed E-state index contributed by atoms with van der Waals surface area (Å²) in [6.45, 7) is 5.88. The van der Waals surface area contributed by atoms with Crippen LogP contribution in [0.5, 0.6) is 0 Å². The Morgan fingerprint density at radius 1 is 1.61 bits per heavy atom. The van der Waals surface area contributed by atoms with E-state index in [1.54, 1.807) is 11.3 Å². The Hall–Kier alpha value is -1.40. The number of imidazole rings is 1. The summed E-state index contributed by atoms with van der Waals surface area (Å²) < 4.78 is 7.11. The molecule has 0 atom stereocenters. The van der Waals surface area contributed by atoms with Crippen LogP contribution in [0.25, 0.3) is 4.96 Å². The maximum Gasteiger partial charge on any atom is 0.357 e. The fraction of sp³-hybridized carbons (Fsp3) is 0.500. The number of ether oxygens (including phenoxy) is 1. The van der Waals surface area contributed by atoms with Crippen molar-refractivity contribution in [3.05, 3.63) is 22.0 Å². The molecular formula is C12H15N3O2S. The number of thiazole rings is 1. The van der Waals surface area contributed by atoms with Gasteiger partial charge in [0.1, 0.15) is 0 Å². The lowest BCUT2D eigenvalue weighted by molar-refractivity contribution is 0.0517. The first-order valence-corrected chi connectivity index (χ1v) is 6.91. The Labute approximate surface area is 109 Å². The van der Waals surface area contributed by atoms with Crippen LogP contribution in [0.1, 0.15) is 33.7 Å². The van der Waals surface area contributed by atoms with Crippen LogP contribution in [-0.4, -0.2) is 28.5 Å². The summed E-state index contributed by atoms with van der Waals surface area (Å²) in [7, 11) is 0. The van der Waals surface area contributed by atoms with Crippen LogP contribution >= 0.6 is 11.3 Å². The van der Waals surface area contributed by atoms with Crippen molar-refractivity contribution in [2.24, 2.45) is 0 Å². The molecule has 5 nitrogen and oxygen atoms in total. The molecule has 0 unspecified atom stereocenters. The van der Waals surface area contributed by atoms with Gasteiger partial charge < -0.3 is 10.1 Å².